The smallest absolute Gasteiger partial charge is 0.245 e. The molecule has 11 heteroatoms. The number of hydrogen-bond donors (Lipinski definition) is 2. The average Bonchev–Trinajstić information content (AvgIpc) is 3.75. The number of likely N-dealkylation sites (tertiary alicyclic amines) is 1. The van der Waals surface area contributed by atoms with Crippen molar-refractivity contribution in [3.05, 3.63) is 90.9 Å². The first-order valence-corrected chi connectivity index (χ1v) is 14.5. The molecule has 0 spiro atoms. The lowest BCUT2D eigenvalue weighted by Crippen LogP contribution is -2.51. The van der Waals surface area contributed by atoms with Crippen molar-refractivity contribution in [1.82, 2.24) is 39.5 Å². The molecule has 7 rings (SSSR count). The first-order chi connectivity index (χ1) is 20.9. The Morgan fingerprint density at radius 3 is 2.81 bits per heavy atom. The number of hydrogen-bond acceptors (Lipinski definition) is 7. The lowest BCUT2D eigenvalue weighted by molar-refractivity contribution is -0.128. The van der Waals surface area contributed by atoms with E-state index in [4.69, 9.17) is 15.7 Å². The summed E-state index contributed by atoms with van der Waals surface area (Å²) in [6, 6.07) is 15.0. The summed E-state index contributed by atoms with van der Waals surface area (Å²) in [5.74, 6) is 1.74. The number of pyridine rings is 2. The van der Waals surface area contributed by atoms with Crippen LogP contribution >= 0.6 is 0 Å². The van der Waals surface area contributed by atoms with Crippen molar-refractivity contribution >= 4 is 22.9 Å². The van der Waals surface area contributed by atoms with Crippen LogP contribution in [0.15, 0.2) is 79.8 Å². The summed E-state index contributed by atoms with van der Waals surface area (Å²) in [6.07, 6.45) is 6.53. The number of fused-ring (bicyclic) bond motifs is 2. The molecule has 1 saturated heterocycles. The number of amides is 1. The Labute approximate surface area is 248 Å². The van der Waals surface area contributed by atoms with Crippen molar-refractivity contribution in [2.24, 2.45) is 5.92 Å². The van der Waals surface area contributed by atoms with Gasteiger partial charge in [-0.05, 0) is 72.0 Å². The number of carbonyl (C=O) groups is 1. The van der Waals surface area contributed by atoms with E-state index in [-0.39, 0.29) is 17.9 Å². The van der Waals surface area contributed by atoms with E-state index in [9.17, 15) is 4.79 Å². The Balaban J connectivity index is 1.26. The molecule has 1 amide bonds. The van der Waals surface area contributed by atoms with Crippen LogP contribution in [0.5, 0.6) is 0 Å². The van der Waals surface area contributed by atoms with E-state index in [2.05, 4.69) is 28.9 Å². The Morgan fingerprint density at radius 2 is 2.05 bits per heavy atom. The predicted molar refractivity (Wildman–Crippen MR) is 162 cm³/mol. The van der Waals surface area contributed by atoms with Crippen molar-refractivity contribution in [3.63, 3.8) is 0 Å². The van der Waals surface area contributed by atoms with Gasteiger partial charge < -0.3 is 16.0 Å². The molecule has 0 saturated carbocycles. The standard InChI is InChI=1S/C32H32FN9O/c1-3-28(43)40-15-11-25(19(2)18-40)37-29-22-8-7-21(16-20(22)17-24(29)33)42-31(23-6-4-12-35-30(23)34)38-26-9-10-27(39-32(26)42)41-14-5-13-36-41/h3-10,12-14,16,19,24-25,29,37H,1,11,15,17-18H2,2H3,(H2,34,35)/t19?,24?,25?,29-/m1/s1. The Bertz CT molecular complexity index is 1830. The number of imidazole rings is 1. The molecule has 1 aromatic carbocycles. The summed E-state index contributed by atoms with van der Waals surface area (Å²) in [4.78, 5) is 28.0. The van der Waals surface area contributed by atoms with Crippen LogP contribution in [-0.4, -0.2) is 65.4 Å². The van der Waals surface area contributed by atoms with Gasteiger partial charge in [0, 0.05) is 49.8 Å². The van der Waals surface area contributed by atoms with Crippen molar-refractivity contribution in [3.8, 4) is 22.9 Å². The van der Waals surface area contributed by atoms with Crippen molar-refractivity contribution < 1.29 is 9.18 Å². The number of nitrogens with two attached hydrogens (primary N) is 1. The highest BCUT2D eigenvalue weighted by Crippen LogP contribution is 2.38. The van der Waals surface area contributed by atoms with E-state index in [1.807, 2.05) is 64.2 Å². The van der Waals surface area contributed by atoms with E-state index >= 15 is 4.39 Å². The number of benzene rings is 1. The summed E-state index contributed by atoms with van der Waals surface area (Å²) in [5, 5.41) is 7.93. The fourth-order valence-corrected chi connectivity index (χ4v) is 6.39. The minimum Gasteiger partial charge on any atom is -0.383 e. The molecule has 43 heavy (non-hydrogen) atoms. The van der Waals surface area contributed by atoms with Gasteiger partial charge in [-0.1, -0.05) is 19.6 Å². The van der Waals surface area contributed by atoms with Gasteiger partial charge in [0.15, 0.2) is 17.3 Å². The number of carbonyl (C=O) groups excluding carboxylic acids is 1. The number of halogens is 1. The van der Waals surface area contributed by atoms with E-state index in [1.54, 1.807) is 17.1 Å². The highest BCUT2D eigenvalue weighted by molar-refractivity contribution is 5.87. The number of nitrogen functional groups attached to an aromatic ring is 1. The van der Waals surface area contributed by atoms with Crippen molar-refractivity contribution in [2.45, 2.75) is 38.0 Å². The summed E-state index contributed by atoms with van der Waals surface area (Å²) in [5.41, 5.74) is 11.0. The van der Waals surface area contributed by atoms with Crippen molar-refractivity contribution in [2.75, 3.05) is 18.8 Å². The molecule has 5 heterocycles. The molecule has 4 atom stereocenters. The number of nitrogens with zero attached hydrogens (tertiary/aromatic N) is 7. The largest absolute Gasteiger partial charge is 0.383 e. The van der Waals surface area contributed by atoms with Gasteiger partial charge in [-0.2, -0.15) is 5.10 Å². The maximum absolute atomic E-state index is 15.7. The van der Waals surface area contributed by atoms with Gasteiger partial charge in [-0.3, -0.25) is 9.36 Å². The number of nitrogens with one attached hydrogen (secondary N) is 1. The van der Waals surface area contributed by atoms with Gasteiger partial charge in [0.25, 0.3) is 0 Å². The zero-order valence-corrected chi connectivity index (χ0v) is 23.8. The molecule has 3 unspecified atom stereocenters. The second-order valence-corrected chi connectivity index (χ2v) is 11.3. The highest BCUT2D eigenvalue weighted by atomic mass is 19.1. The molecule has 1 aliphatic heterocycles. The van der Waals surface area contributed by atoms with Crippen LogP contribution in [0, 0.1) is 5.92 Å². The topological polar surface area (TPSA) is 120 Å². The molecule has 2 aliphatic rings. The number of aromatic nitrogens is 6. The summed E-state index contributed by atoms with van der Waals surface area (Å²) < 4.78 is 19.3. The zero-order valence-electron chi connectivity index (χ0n) is 23.8. The van der Waals surface area contributed by atoms with Gasteiger partial charge in [-0.15, -0.1) is 0 Å². The Kier molecular flexibility index (Phi) is 6.73. The molecule has 1 fully saturated rings. The summed E-state index contributed by atoms with van der Waals surface area (Å²) >= 11 is 0. The molecule has 218 valence electrons. The minimum absolute atomic E-state index is 0.0573. The third-order valence-corrected chi connectivity index (χ3v) is 8.59. The van der Waals surface area contributed by atoms with Gasteiger partial charge >= 0.3 is 0 Å². The van der Waals surface area contributed by atoms with Crippen molar-refractivity contribution in [1.29, 1.82) is 0 Å². The molecule has 5 aromatic rings. The number of rotatable bonds is 6. The first-order valence-electron chi connectivity index (χ1n) is 14.5. The predicted octanol–water partition coefficient (Wildman–Crippen LogP) is 4.20. The molecule has 3 N–H and O–H groups in total. The number of alkyl halides is 1. The summed E-state index contributed by atoms with van der Waals surface area (Å²) in [7, 11) is 0. The van der Waals surface area contributed by atoms with Crippen LogP contribution in [0.2, 0.25) is 0 Å². The Morgan fingerprint density at radius 1 is 1.16 bits per heavy atom. The number of piperidine rings is 1. The highest BCUT2D eigenvalue weighted by Gasteiger charge is 2.37. The van der Waals surface area contributed by atoms with E-state index in [0.29, 0.717) is 53.7 Å². The maximum Gasteiger partial charge on any atom is 0.245 e. The molecular weight excluding hydrogens is 545 g/mol. The van der Waals surface area contributed by atoms with Gasteiger partial charge in [-0.25, -0.2) is 24.0 Å². The second-order valence-electron chi connectivity index (χ2n) is 11.3. The van der Waals surface area contributed by atoms with E-state index in [0.717, 1.165) is 23.2 Å². The number of anilines is 1. The fourth-order valence-electron chi connectivity index (χ4n) is 6.39. The van der Waals surface area contributed by atoms with Crippen LogP contribution in [0.3, 0.4) is 0 Å². The lowest BCUT2D eigenvalue weighted by Gasteiger charge is -2.38. The fraction of sp³-hybridized carbons (Fsp3) is 0.281. The quantitative estimate of drug-likeness (QED) is 0.290. The lowest BCUT2D eigenvalue weighted by atomic mass is 9.92. The second kappa shape index (κ2) is 10.7. The SMILES string of the molecule is C=CC(=O)N1CCC(N[C@@H]2c3ccc(-n4c(-c5cccnc5N)nc5ccc(-n6cccn6)nc54)cc3CC2F)C(C)C1. The van der Waals surface area contributed by atoms with Crippen LogP contribution in [0.1, 0.15) is 30.5 Å². The van der Waals surface area contributed by atoms with Gasteiger partial charge in [0.05, 0.1) is 11.6 Å². The van der Waals surface area contributed by atoms with Crippen LogP contribution in [-0.2, 0) is 11.2 Å². The van der Waals surface area contributed by atoms with E-state index in [1.165, 1.54) is 6.08 Å². The maximum atomic E-state index is 15.7. The molecular formula is C32H32FN9O. The third kappa shape index (κ3) is 4.75. The monoisotopic (exact) mass is 577 g/mol. The Hall–Kier alpha value is -4.90. The van der Waals surface area contributed by atoms with Gasteiger partial charge in [0.1, 0.15) is 17.5 Å². The molecule has 1 aliphatic carbocycles. The minimum atomic E-state index is -1.07. The molecule has 0 bridgehead atoms. The van der Waals surface area contributed by atoms with Gasteiger partial charge in [0.2, 0.25) is 5.91 Å². The van der Waals surface area contributed by atoms with Crippen LogP contribution in [0.4, 0.5) is 10.2 Å². The molecule has 0 radical (unpaired) electrons. The zero-order chi connectivity index (χ0) is 29.7. The van der Waals surface area contributed by atoms with Crippen LogP contribution < -0.4 is 11.1 Å². The average molecular weight is 578 g/mol. The third-order valence-electron chi connectivity index (χ3n) is 8.59. The van der Waals surface area contributed by atoms with E-state index < -0.39 is 12.2 Å². The van der Waals surface area contributed by atoms with Crippen LogP contribution in [0.25, 0.3) is 34.1 Å². The first kappa shape index (κ1) is 27.0. The normalized spacial score (nSPS) is 21.7. The molecule has 10 nitrogen and oxygen atoms in total. The summed E-state index contributed by atoms with van der Waals surface area (Å²) in [6.45, 7) is 6.96. The molecule has 4 aromatic heterocycles.